The molecule has 0 aliphatic rings. The maximum Gasteiger partial charge on any atom is 0.422 e. The van der Waals surface area contributed by atoms with E-state index < -0.39 is 24.2 Å². The Bertz CT molecular complexity index is 491. The van der Waals surface area contributed by atoms with Gasteiger partial charge < -0.3 is 15.2 Å². The lowest BCUT2D eigenvalue weighted by Gasteiger charge is -2.27. The maximum atomic E-state index is 12.9. The number of amides is 1. The second-order valence-corrected chi connectivity index (χ2v) is 4.10. The molecule has 2 N–H and O–H groups in total. The molecule has 0 radical (unpaired) electrons. The van der Waals surface area contributed by atoms with Crippen molar-refractivity contribution in [3.8, 4) is 0 Å². The number of pyridine rings is 1. The van der Waals surface area contributed by atoms with Crippen molar-refractivity contribution in [2.24, 2.45) is 0 Å². The largest absolute Gasteiger partial charge is 0.502 e. The normalized spacial score (nSPS) is 14.7. The fourth-order valence-corrected chi connectivity index (χ4v) is 1.33. The molecule has 0 fully saturated rings. The molecule has 1 aromatic heterocycles. The zero-order valence-electron chi connectivity index (χ0n) is 11.2. The molecule has 1 rings (SSSR count). The van der Waals surface area contributed by atoms with E-state index in [4.69, 9.17) is 0 Å². The number of hydrogen-bond acceptors (Lipinski definition) is 4. The molecule has 21 heavy (non-hydrogen) atoms. The highest BCUT2D eigenvalue weighted by molar-refractivity contribution is 5.94. The summed E-state index contributed by atoms with van der Waals surface area (Å²) in [4.78, 5) is 15.4. The Morgan fingerprint density at radius 1 is 1.43 bits per heavy atom. The first kappa shape index (κ1) is 17.0. The predicted octanol–water partition coefficient (Wildman–Crippen LogP) is 1.66. The first-order valence-electron chi connectivity index (χ1n) is 6.07. The van der Waals surface area contributed by atoms with Gasteiger partial charge in [-0.25, -0.2) is 0 Å². The highest BCUT2D eigenvalue weighted by Gasteiger charge is 2.52. The van der Waals surface area contributed by atoms with Crippen molar-refractivity contribution in [2.45, 2.75) is 18.7 Å². The van der Waals surface area contributed by atoms with E-state index in [0.717, 1.165) is 6.26 Å². The van der Waals surface area contributed by atoms with E-state index in [-0.39, 0.29) is 12.2 Å². The monoisotopic (exact) mass is 304 g/mol. The van der Waals surface area contributed by atoms with E-state index in [2.05, 4.69) is 9.72 Å². The average Bonchev–Trinajstić information content (AvgIpc) is 2.45. The summed E-state index contributed by atoms with van der Waals surface area (Å²) in [5.74, 6) is -0.745. The summed E-state index contributed by atoms with van der Waals surface area (Å²) in [6.45, 7) is 0.719. The lowest BCUT2D eigenvalue weighted by molar-refractivity contribution is -0.237. The topological polar surface area (TPSA) is 71.5 Å². The molecule has 0 aromatic carbocycles. The van der Waals surface area contributed by atoms with Gasteiger partial charge in [0.1, 0.15) is 0 Å². The Hall–Kier alpha value is -2.09. The third-order valence-electron chi connectivity index (χ3n) is 2.56. The highest BCUT2D eigenvalue weighted by atomic mass is 19.4. The number of ether oxygens (including phenoxy) is 1. The molecule has 0 bridgehead atoms. The van der Waals surface area contributed by atoms with Crippen LogP contribution in [0.25, 0.3) is 0 Å². The van der Waals surface area contributed by atoms with E-state index in [9.17, 15) is 23.1 Å². The number of aromatic nitrogens is 1. The van der Waals surface area contributed by atoms with Gasteiger partial charge in [0, 0.05) is 18.0 Å². The zero-order valence-corrected chi connectivity index (χ0v) is 11.2. The molecule has 0 saturated carbocycles. The molecule has 1 aromatic rings. The minimum atomic E-state index is -4.95. The minimum absolute atomic E-state index is 0.142. The SMILES string of the molecule is CCOC=CC(O)(CNC(=O)c1ccncc1)C(F)(F)F. The fourth-order valence-electron chi connectivity index (χ4n) is 1.33. The number of hydrogen-bond donors (Lipinski definition) is 2. The van der Waals surface area contributed by atoms with Crippen LogP contribution in [0.5, 0.6) is 0 Å². The van der Waals surface area contributed by atoms with Gasteiger partial charge in [-0.1, -0.05) is 0 Å². The van der Waals surface area contributed by atoms with Gasteiger partial charge in [-0.2, -0.15) is 13.2 Å². The number of carbonyl (C=O) groups excluding carboxylic acids is 1. The Labute approximate surface area is 119 Å². The molecule has 0 aliphatic carbocycles. The number of carbonyl (C=O) groups is 1. The van der Waals surface area contributed by atoms with Crippen molar-refractivity contribution in [3.63, 3.8) is 0 Å². The number of aliphatic hydroxyl groups is 1. The van der Waals surface area contributed by atoms with Crippen LogP contribution in [0.1, 0.15) is 17.3 Å². The number of rotatable bonds is 6. The van der Waals surface area contributed by atoms with Crippen LogP contribution >= 0.6 is 0 Å². The molecule has 5 nitrogen and oxygen atoms in total. The van der Waals surface area contributed by atoms with Gasteiger partial charge in [0.15, 0.2) is 5.60 Å². The van der Waals surface area contributed by atoms with Gasteiger partial charge in [-0.05, 0) is 25.1 Å². The standard InChI is InChI=1S/C13H15F3N2O3/c1-2-21-8-5-12(20,13(14,15)16)9-18-11(19)10-3-6-17-7-4-10/h3-8,20H,2,9H2,1H3,(H,18,19). The average molecular weight is 304 g/mol. The highest BCUT2D eigenvalue weighted by Crippen LogP contribution is 2.31. The van der Waals surface area contributed by atoms with Gasteiger partial charge in [-0.15, -0.1) is 0 Å². The summed E-state index contributed by atoms with van der Waals surface area (Å²) >= 11 is 0. The molecule has 116 valence electrons. The quantitative estimate of drug-likeness (QED) is 0.784. The van der Waals surface area contributed by atoms with Crippen molar-refractivity contribution in [3.05, 3.63) is 42.4 Å². The second kappa shape index (κ2) is 7.07. The molecular weight excluding hydrogens is 289 g/mol. The molecule has 1 unspecified atom stereocenters. The predicted molar refractivity (Wildman–Crippen MR) is 68.3 cm³/mol. The van der Waals surface area contributed by atoms with E-state index in [1.165, 1.54) is 24.5 Å². The Morgan fingerprint density at radius 2 is 2.05 bits per heavy atom. The van der Waals surface area contributed by atoms with Crippen LogP contribution < -0.4 is 5.32 Å². The molecule has 0 saturated heterocycles. The van der Waals surface area contributed by atoms with Crippen molar-refractivity contribution < 1.29 is 27.8 Å². The third-order valence-corrected chi connectivity index (χ3v) is 2.56. The van der Waals surface area contributed by atoms with Gasteiger partial charge >= 0.3 is 6.18 Å². The van der Waals surface area contributed by atoms with Gasteiger partial charge in [0.2, 0.25) is 0 Å². The Kier molecular flexibility index (Phi) is 5.71. The molecular formula is C13H15F3N2O3. The van der Waals surface area contributed by atoms with Crippen molar-refractivity contribution in [1.82, 2.24) is 10.3 Å². The lowest BCUT2D eigenvalue weighted by atomic mass is 10.0. The van der Waals surface area contributed by atoms with E-state index in [1.807, 2.05) is 5.32 Å². The zero-order chi connectivity index (χ0) is 15.9. The Balaban J connectivity index is 2.77. The summed E-state index contributed by atoms with van der Waals surface area (Å²) in [5.41, 5.74) is -3.06. The van der Waals surface area contributed by atoms with Crippen molar-refractivity contribution in [2.75, 3.05) is 13.2 Å². The maximum absolute atomic E-state index is 12.9. The summed E-state index contributed by atoms with van der Waals surface area (Å²) < 4.78 is 43.3. The summed E-state index contributed by atoms with van der Waals surface area (Å²) in [7, 11) is 0. The van der Waals surface area contributed by atoms with Crippen LogP contribution in [0.2, 0.25) is 0 Å². The Morgan fingerprint density at radius 3 is 2.57 bits per heavy atom. The first-order chi connectivity index (χ1) is 9.80. The van der Waals surface area contributed by atoms with E-state index in [0.29, 0.717) is 6.08 Å². The van der Waals surface area contributed by atoms with Crippen LogP contribution in [0.3, 0.4) is 0 Å². The van der Waals surface area contributed by atoms with E-state index >= 15 is 0 Å². The fraction of sp³-hybridized carbons (Fsp3) is 0.385. The minimum Gasteiger partial charge on any atom is -0.502 e. The van der Waals surface area contributed by atoms with E-state index in [1.54, 1.807) is 6.92 Å². The molecule has 8 heteroatoms. The number of nitrogens with one attached hydrogen (secondary N) is 1. The van der Waals surface area contributed by atoms with Crippen LogP contribution in [-0.2, 0) is 4.74 Å². The lowest BCUT2D eigenvalue weighted by Crippen LogP contribution is -2.52. The second-order valence-electron chi connectivity index (χ2n) is 4.10. The molecule has 1 atom stereocenters. The smallest absolute Gasteiger partial charge is 0.422 e. The van der Waals surface area contributed by atoms with Gasteiger partial charge in [-0.3, -0.25) is 9.78 Å². The third kappa shape index (κ3) is 4.75. The summed E-state index contributed by atoms with van der Waals surface area (Å²) in [6.07, 6.45) is -1.07. The summed E-state index contributed by atoms with van der Waals surface area (Å²) in [5, 5.41) is 11.7. The number of alkyl halides is 3. The van der Waals surface area contributed by atoms with Crippen molar-refractivity contribution >= 4 is 5.91 Å². The van der Waals surface area contributed by atoms with Crippen molar-refractivity contribution in [1.29, 1.82) is 0 Å². The van der Waals surface area contributed by atoms with Gasteiger partial charge in [0.25, 0.3) is 5.91 Å². The number of nitrogens with zero attached hydrogens (tertiary/aromatic N) is 1. The molecule has 1 amide bonds. The van der Waals surface area contributed by atoms with Crippen LogP contribution in [-0.4, -0.2) is 40.9 Å². The molecule has 0 spiro atoms. The van der Waals surface area contributed by atoms with Crippen LogP contribution in [0.4, 0.5) is 13.2 Å². The first-order valence-corrected chi connectivity index (χ1v) is 6.07. The van der Waals surface area contributed by atoms with Crippen LogP contribution in [0.15, 0.2) is 36.9 Å². The summed E-state index contributed by atoms with van der Waals surface area (Å²) in [6, 6.07) is 2.69. The molecule has 0 aliphatic heterocycles. The number of halogens is 3. The van der Waals surface area contributed by atoms with Crippen LogP contribution in [0, 0.1) is 0 Å². The molecule has 1 heterocycles. The van der Waals surface area contributed by atoms with Gasteiger partial charge in [0.05, 0.1) is 19.4 Å².